The SMILES string of the molecule is C=CC1CN2CCC1CC2[C@H](NC(=S)N[C@@H]1CCCC[C@H]1N)c1ccnc2ccccc12. The van der Waals surface area contributed by atoms with E-state index < -0.39 is 0 Å². The van der Waals surface area contributed by atoms with Gasteiger partial charge in [0.15, 0.2) is 5.11 Å². The lowest BCUT2D eigenvalue weighted by Crippen LogP contribution is -2.59. The van der Waals surface area contributed by atoms with Gasteiger partial charge < -0.3 is 16.4 Å². The van der Waals surface area contributed by atoms with Gasteiger partial charge >= 0.3 is 0 Å². The number of hydrogen-bond donors (Lipinski definition) is 3. The quantitative estimate of drug-likeness (QED) is 0.475. The van der Waals surface area contributed by atoms with Crippen LogP contribution in [0.2, 0.25) is 0 Å². The molecule has 4 unspecified atom stereocenters. The van der Waals surface area contributed by atoms with Crippen molar-refractivity contribution in [2.45, 2.75) is 62.7 Å². The van der Waals surface area contributed by atoms with Crippen molar-refractivity contribution in [3.8, 4) is 0 Å². The van der Waals surface area contributed by atoms with Crippen LogP contribution in [0.4, 0.5) is 0 Å². The van der Waals surface area contributed by atoms with E-state index in [0.29, 0.717) is 17.9 Å². The number of rotatable bonds is 5. The van der Waals surface area contributed by atoms with Crippen LogP contribution in [0.25, 0.3) is 10.9 Å². The van der Waals surface area contributed by atoms with Crippen LogP contribution in [0.5, 0.6) is 0 Å². The normalized spacial score (nSPS) is 32.9. The molecule has 1 aromatic heterocycles. The predicted molar refractivity (Wildman–Crippen MR) is 135 cm³/mol. The van der Waals surface area contributed by atoms with Gasteiger partial charge in [-0.1, -0.05) is 37.1 Å². The van der Waals surface area contributed by atoms with Gasteiger partial charge in [-0.3, -0.25) is 9.88 Å². The fourth-order valence-corrected chi connectivity index (χ4v) is 6.46. The summed E-state index contributed by atoms with van der Waals surface area (Å²) in [4.78, 5) is 7.25. The molecule has 5 nitrogen and oxygen atoms in total. The molecule has 3 saturated heterocycles. The Morgan fingerprint density at radius 2 is 2.06 bits per heavy atom. The van der Waals surface area contributed by atoms with Gasteiger partial charge in [-0.15, -0.1) is 6.58 Å². The van der Waals surface area contributed by atoms with Crippen molar-refractivity contribution in [2.24, 2.45) is 17.6 Å². The molecule has 4 heterocycles. The van der Waals surface area contributed by atoms with Crippen LogP contribution in [0.3, 0.4) is 0 Å². The van der Waals surface area contributed by atoms with Gasteiger partial charge in [0, 0.05) is 36.3 Å². The number of nitrogens with two attached hydrogens (primary N) is 1. The molecule has 1 aromatic carbocycles. The number of nitrogens with one attached hydrogen (secondary N) is 2. The summed E-state index contributed by atoms with van der Waals surface area (Å²) < 4.78 is 0. The van der Waals surface area contributed by atoms with Gasteiger partial charge in [-0.05, 0) is 74.0 Å². The molecule has 1 aliphatic carbocycles. The summed E-state index contributed by atoms with van der Waals surface area (Å²) in [6.07, 6.45) is 11.1. The molecule has 6 rings (SSSR count). The maximum atomic E-state index is 6.39. The second kappa shape index (κ2) is 9.46. The summed E-state index contributed by atoms with van der Waals surface area (Å²) in [5, 5.41) is 9.24. The molecule has 4 aliphatic rings. The highest BCUT2D eigenvalue weighted by Gasteiger charge is 2.43. The molecule has 4 fully saturated rings. The minimum atomic E-state index is 0.108. The lowest BCUT2D eigenvalue weighted by atomic mass is 9.73. The van der Waals surface area contributed by atoms with E-state index in [1.54, 1.807) is 0 Å². The molecule has 32 heavy (non-hydrogen) atoms. The zero-order chi connectivity index (χ0) is 22.1. The molecule has 2 aromatic rings. The molecule has 170 valence electrons. The number of thiocarbonyl (C=S) groups is 1. The van der Waals surface area contributed by atoms with Gasteiger partial charge in [0.1, 0.15) is 0 Å². The minimum Gasteiger partial charge on any atom is -0.358 e. The van der Waals surface area contributed by atoms with Crippen LogP contribution in [-0.4, -0.2) is 46.2 Å². The van der Waals surface area contributed by atoms with Crippen LogP contribution in [0.1, 0.15) is 50.1 Å². The Morgan fingerprint density at radius 3 is 2.84 bits per heavy atom. The summed E-state index contributed by atoms with van der Waals surface area (Å²) in [5.41, 5.74) is 8.70. The van der Waals surface area contributed by atoms with E-state index in [1.807, 2.05) is 6.20 Å². The first-order valence-corrected chi connectivity index (χ1v) is 12.6. The third kappa shape index (κ3) is 4.28. The minimum absolute atomic E-state index is 0.108. The topological polar surface area (TPSA) is 66.2 Å². The molecule has 0 radical (unpaired) electrons. The first kappa shape index (κ1) is 21.8. The molecule has 6 heteroatoms. The maximum absolute atomic E-state index is 6.39. The molecule has 0 spiro atoms. The number of benzene rings is 1. The van der Waals surface area contributed by atoms with E-state index in [2.05, 4.69) is 63.5 Å². The Kier molecular flexibility index (Phi) is 6.44. The van der Waals surface area contributed by atoms with Gasteiger partial charge in [-0.25, -0.2) is 0 Å². The molecule has 4 N–H and O–H groups in total. The maximum Gasteiger partial charge on any atom is 0.167 e. The Labute approximate surface area is 196 Å². The second-order valence-electron chi connectivity index (χ2n) is 9.81. The van der Waals surface area contributed by atoms with Crippen molar-refractivity contribution < 1.29 is 0 Å². The Hall–Kier alpha value is -2.02. The highest BCUT2D eigenvalue weighted by molar-refractivity contribution is 7.80. The monoisotopic (exact) mass is 449 g/mol. The first-order valence-electron chi connectivity index (χ1n) is 12.2. The zero-order valence-corrected chi connectivity index (χ0v) is 19.6. The summed E-state index contributed by atoms with van der Waals surface area (Å²) in [6.45, 7) is 6.34. The zero-order valence-electron chi connectivity index (χ0n) is 18.7. The van der Waals surface area contributed by atoms with Gasteiger partial charge in [0.05, 0.1) is 11.6 Å². The summed E-state index contributed by atoms with van der Waals surface area (Å²) >= 11 is 5.86. The third-order valence-corrected chi connectivity index (χ3v) is 8.21. The fraction of sp³-hybridized carbons (Fsp3) is 0.538. The molecule has 7 atom stereocenters. The number of piperidine rings is 3. The number of nitrogens with zero attached hydrogens (tertiary/aromatic N) is 2. The Morgan fingerprint density at radius 1 is 1.22 bits per heavy atom. The average molecular weight is 450 g/mol. The van der Waals surface area contributed by atoms with Crippen molar-refractivity contribution >= 4 is 28.2 Å². The van der Waals surface area contributed by atoms with Gasteiger partial charge in [-0.2, -0.15) is 0 Å². The van der Waals surface area contributed by atoms with Crippen LogP contribution < -0.4 is 16.4 Å². The summed E-state index contributed by atoms with van der Waals surface area (Å²) in [5.74, 6) is 1.30. The Balaban J connectivity index is 1.44. The average Bonchev–Trinajstić information content (AvgIpc) is 2.84. The largest absolute Gasteiger partial charge is 0.358 e. The van der Waals surface area contributed by atoms with Crippen molar-refractivity contribution in [3.63, 3.8) is 0 Å². The Bertz CT molecular complexity index is 972. The van der Waals surface area contributed by atoms with E-state index in [9.17, 15) is 0 Å². The van der Waals surface area contributed by atoms with E-state index in [0.717, 1.165) is 43.0 Å². The number of pyridine rings is 1. The number of aromatic nitrogens is 1. The highest BCUT2D eigenvalue weighted by atomic mass is 32.1. The van der Waals surface area contributed by atoms with Crippen LogP contribution >= 0.6 is 12.2 Å². The summed E-state index contributed by atoms with van der Waals surface area (Å²) in [6, 6.07) is 11.5. The number of fused-ring (bicyclic) bond motifs is 4. The van der Waals surface area contributed by atoms with Crippen molar-refractivity contribution in [3.05, 3.63) is 54.7 Å². The fourth-order valence-electron chi connectivity index (χ4n) is 6.18. The van der Waals surface area contributed by atoms with E-state index in [1.165, 1.54) is 30.2 Å². The molecule has 0 amide bonds. The van der Waals surface area contributed by atoms with E-state index >= 15 is 0 Å². The molecule has 2 bridgehead atoms. The molecular formula is C26H35N5S. The molecular weight excluding hydrogens is 414 g/mol. The number of para-hydroxylation sites is 1. The lowest BCUT2D eigenvalue weighted by Gasteiger charge is -2.52. The van der Waals surface area contributed by atoms with E-state index in [4.69, 9.17) is 18.0 Å². The van der Waals surface area contributed by atoms with Gasteiger partial charge in [0.25, 0.3) is 0 Å². The summed E-state index contributed by atoms with van der Waals surface area (Å²) in [7, 11) is 0. The standard InChI is InChI=1S/C26H35N5S/c1-2-17-16-31-14-12-18(17)15-24(31)25(20-11-13-28-22-9-5-3-7-19(20)22)30-26(32)29-23-10-6-4-8-21(23)27/h2-3,5,7,9,11,13,17-18,21,23-25H,1,4,6,8,10,12,14-16,27H2,(H2,29,30,32)/t17?,18?,21-,23-,24?,25-/m1/s1. The van der Waals surface area contributed by atoms with Crippen molar-refractivity contribution in [1.29, 1.82) is 0 Å². The van der Waals surface area contributed by atoms with E-state index in [-0.39, 0.29) is 18.1 Å². The van der Waals surface area contributed by atoms with Crippen LogP contribution in [-0.2, 0) is 0 Å². The lowest BCUT2D eigenvalue weighted by molar-refractivity contribution is 0.00426. The second-order valence-corrected chi connectivity index (χ2v) is 10.2. The molecule has 1 saturated carbocycles. The first-order chi connectivity index (χ1) is 15.6. The van der Waals surface area contributed by atoms with Crippen LogP contribution in [0, 0.1) is 11.8 Å². The van der Waals surface area contributed by atoms with Crippen molar-refractivity contribution in [1.82, 2.24) is 20.5 Å². The van der Waals surface area contributed by atoms with Gasteiger partial charge in [0.2, 0.25) is 0 Å². The predicted octanol–water partition coefficient (Wildman–Crippen LogP) is 3.91. The smallest absolute Gasteiger partial charge is 0.167 e. The number of hydrogen-bond acceptors (Lipinski definition) is 4. The molecule has 3 aliphatic heterocycles. The van der Waals surface area contributed by atoms with Crippen molar-refractivity contribution in [2.75, 3.05) is 13.1 Å². The third-order valence-electron chi connectivity index (χ3n) is 7.98. The van der Waals surface area contributed by atoms with Crippen LogP contribution in [0.15, 0.2) is 49.2 Å². The highest BCUT2D eigenvalue weighted by Crippen LogP contribution is 2.42.